The average Bonchev–Trinajstić information content (AvgIpc) is 2.56. The Kier molecular flexibility index (Phi) is 11.8. The van der Waals surface area contributed by atoms with Crippen molar-refractivity contribution in [2.45, 2.75) is 90.9 Å². The van der Waals surface area contributed by atoms with Crippen molar-refractivity contribution in [1.82, 2.24) is 0 Å². The summed E-state index contributed by atoms with van der Waals surface area (Å²) in [6.07, 6.45) is 18.7. The van der Waals surface area contributed by atoms with Gasteiger partial charge in [-0.05, 0) is 44.1 Å². The number of allylic oxidation sites excluding steroid dienone is 2. The minimum atomic E-state index is 1.19. The summed E-state index contributed by atoms with van der Waals surface area (Å²) >= 11 is 0. The third-order valence-electron chi connectivity index (χ3n) is 4.41. The van der Waals surface area contributed by atoms with Gasteiger partial charge in [-0.25, -0.2) is 0 Å². The largest absolute Gasteiger partial charge is 0.0850 e. The van der Waals surface area contributed by atoms with Crippen LogP contribution in [-0.4, -0.2) is 0 Å². The SMILES string of the molecule is CCCCCCC(=CCCc1ccccc1)CCCCCC. The van der Waals surface area contributed by atoms with Crippen LogP contribution >= 0.6 is 0 Å². The van der Waals surface area contributed by atoms with E-state index in [9.17, 15) is 0 Å². The van der Waals surface area contributed by atoms with E-state index >= 15 is 0 Å². The second-order valence-electron chi connectivity index (χ2n) is 6.51. The van der Waals surface area contributed by atoms with Gasteiger partial charge >= 0.3 is 0 Å². The van der Waals surface area contributed by atoms with Crippen molar-refractivity contribution >= 4 is 0 Å². The smallest absolute Gasteiger partial charge is 0.0244 e. The molecule has 0 nitrogen and oxygen atoms in total. The monoisotopic (exact) mass is 300 g/mol. The molecule has 22 heavy (non-hydrogen) atoms. The quantitative estimate of drug-likeness (QED) is 0.261. The van der Waals surface area contributed by atoms with Gasteiger partial charge in [-0.15, -0.1) is 0 Å². The molecule has 124 valence electrons. The molecule has 0 aliphatic carbocycles. The van der Waals surface area contributed by atoms with Crippen molar-refractivity contribution in [2.75, 3.05) is 0 Å². The Labute approximate surface area is 139 Å². The molecule has 0 saturated heterocycles. The van der Waals surface area contributed by atoms with Crippen LogP contribution in [0.15, 0.2) is 42.0 Å². The third-order valence-corrected chi connectivity index (χ3v) is 4.41. The summed E-state index contributed by atoms with van der Waals surface area (Å²) < 4.78 is 0. The standard InChI is InChI=1S/C22H36/c1-3-5-7-10-15-21(16-11-8-6-4-2)19-14-20-22-17-12-9-13-18-22/h9,12-13,17-19H,3-8,10-11,14-16,20H2,1-2H3. The molecule has 0 aromatic heterocycles. The van der Waals surface area contributed by atoms with Crippen molar-refractivity contribution in [3.63, 3.8) is 0 Å². The van der Waals surface area contributed by atoms with E-state index in [1.165, 1.54) is 82.6 Å². The number of hydrogen-bond donors (Lipinski definition) is 0. The molecule has 0 saturated carbocycles. The molecule has 1 aromatic rings. The lowest BCUT2D eigenvalue weighted by Gasteiger charge is -2.08. The van der Waals surface area contributed by atoms with Gasteiger partial charge in [0.05, 0.1) is 0 Å². The minimum Gasteiger partial charge on any atom is -0.0850 e. The Morgan fingerprint density at radius 1 is 0.773 bits per heavy atom. The van der Waals surface area contributed by atoms with Crippen molar-refractivity contribution in [2.24, 2.45) is 0 Å². The molecule has 0 aliphatic rings. The number of benzene rings is 1. The Hall–Kier alpha value is -1.04. The molecule has 0 amide bonds. The summed E-state index contributed by atoms with van der Waals surface area (Å²) in [7, 11) is 0. The van der Waals surface area contributed by atoms with Crippen LogP contribution in [0.4, 0.5) is 0 Å². The maximum absolute atomic E-state index is 2.55. The highest BCUT2D eigenvalue weighted by Crippen LogP contribution is 2.19. The second kappa shape index (κ2) is 13.6. The Morgan fingerprint density at radius 3 is 1.91 bits per heavy atom. The van der Waals surface area contributed by atoms with Gasteiger partial charge < -0.3 is 0 Å². The molecule has 0 spiro atoms. The predicted octanol–water partition coefficient (Wildman–Crippen LogP) is 7.49. The fraction of sp³-hybridized carbons (Fsp3) is 0.636. The van der Waals surface area contributed by atoms with Gasteiger partial charge in [0.1, 0.15) is 0 Å². The van der Waals surface area contributed by atoms with E-state index in [1.807, 2.05) is 0 Å². The van der Waals surface area contributed by atoms with Gasteiger partial charge in [0, 0.05) is 0 Å². The minimum absolute atomic E-state index is 1.19. The Balaban J connectivity index is 2.35. The van der Waals surface area contributed by atoms with Crippen molar-refractivity contribution in [3.05, 3.63) is 47.5 Å². The Bertz CT molecular complexity index is 360. The topological polar surface area (TPSA) is 0 Å². The number of rotatable bonds is 13. The molecule has 0 heterocycles. The van der Waals surface area contributed by atoms with Gasteiger partial charge in [-0.3, -0.25) is 0 Å². The van der Waals surface area contributed by atoms with Crippen molar-refractivity contribution in [1.29, 1.82) is 0 Å². The van der Waals surface area contributed by atoms with Crippen LogP contribution in [-0.2, 0) is 6.42 Å². The maximum atomic E-state index is 2.55. The van der Waals surface area contributed by atoms with E-state index in [4.69, 9.17) is 0 Å². The molecule has 0 N–H and O–H groups in total. The number of hydrogen-bond acceptors (Lipinski definition) is 0. The molecule has 0 fully saturated rings. The van der Waals surface area contributed by atoms with E-state index in [-0.39, 0.29) is 0 Å². The fourth-order valence-corrected chi connectivity index (χ4v) is 2.97. The highest BCUT2D eigenvalue weighted by molar-refractivity contribution is 5.15. The van der Waals surface area contributed by atoms with Crippen LogP contribution in [0.25, 0.3) is 0 Å². The summed E-state index contributed by atoms with van der Waals surface area (Å²) in [4.78, 5) is 0. The lowest BCUT2D eigenvalue weighted by Crippen LogP contribution is -1.89. The molecule has 0 bridgehead atoms. The molecule has 0 unspecified atom stereocenters. The molecule has 0 radical (unpaired) electrons. The zero-order chi connectivity index (χ0) is 15.9. The van der Waals surface area contributed by atoms with Crippen LogP contribution < -0.4 is 0 Å². The number of aryl methyl sites for hydroxylation is 1. The van der Waals surface area contributed by atoms with Crippen LogP contribution in [0.3, 0.4) is 0 Å². The van der Waals surface area contributed by atoms with Crippen molar-refractivity contribution < 1.29 is 0 Å². The Morgan fingerprint density at radius 2 is 1.36 bits per heavy atom. The lowest BCUT2D eigenvalue weighted by molar-refractivity contribution is 0.622. The summed E-state index contributed by atoms with van der Waals surface area (Å²) in [6.45, 7) is 4.59. The van der Waals surface area contributed by atoms with E-state index in [1.54, 1.807) is 5.57 Å². The van der Waals surface area contributed by atoms with Crippen molar-refractivity contribution in [3.8, 4) is 0 Å². The zero-order valence-electron chi connectivity index (χ0n) is 14.9. The normalized spacial score (nSPS) is 10.6. The molecule has 1 rings (SSSR count). The fourth-order valence-electron chi connectivity index (χ4n) is 2.97. The predicted molar refractivity (Wildman–Crippen MR) is 100 cm³/mol. The maximum Gasteiger partial charge on any atom is -0.0244 e. The van der Waals surface area contributed by atoms with E-state index < -0.39 is 0 Å². The molecular weight excluding hydrogens is 264 g/mol. The first-order valence-corrected chi connectivity index (χ1v) is 9.58. The van der Waals surface area contributed by atoms with Crippen LogP contribution in [0.1, 0.15) is 90.0 Å². The van der Waals surface area contributed by atoms with E-state index in [2.05, 4.69) is 50.3 Å². The van der Waals surface area contributed by atoms with Crippen LogP contribution in [0.2, 0.25) is 0 Å². The highest BCUT2D eigenvalue weighted by Gasteiger charge is 1.99. The average molecular weight is 301 g/mol. The number of unbranched alkanes of at least 4 members (excludes halogenated alkanes) is 6. The molecule has 0 heteroatoms. The molecule has 0 aliphatic heterocycles. The molecular formula is C22H36. The lowest BCUT2D eigenvalue weighted by atomic mass is 9.98. The first kappa shape index (κ1) is 19.0. The molecule has 0 atom stereocenters. The summed E-state index contributed by atoms with van der Waals surface area (Å²) in [6, 6.07) is 10.9. The summed E-state index contributed by atoms with van der Waals surface area (Å²) in [5, 5.41) is 0. The molecule has 1 aromatic carbocycles. The highest BCUT2D eigenvalue weighted by atomic mass is 14.1. The van der Waals surface area contributed by atoms with Gasteiger partial charge in [0.25, 0.3) is 0 Å². The van der Waals surface area contributed by atoms with Crippen LogP contribution in [0.5, 0.6) is 0 Å². The second-order valence-corrected chi connectivity index (χ2v) is 6.51. The van der Waals surface area contributed by atoms with E-state index in [0.717, 1.165) is 0 Å². The first-order chi connectivity index (χ1) is 10.9. The van der Waals surface area contributed by atoms with Gasteiger partial charge in [0.15, 0.2) is 0 Å². The van der Waals surface area contributed by atoms with Gasteiger partial charge in [-0.2, -0.15) is 0 Å². The summed E-state index contributed by atoms with van der Waals surface area (Å²) in [5.74, 6) is 0. The zero-order valence-corrected chi connectivity index (χ0v) is 14.9. The first-order valence-electron chi connectivity index (χ1n) is 9.58. The third kappa shape index (κ3) is 9.82. The van der Waals surface area contributed by atoms with Crippen LogP contribution in [0, 0.1) is 0 Å². The van der Waals surface area contributed by atoms with Gasteiger partial charge in [0.2, 0.25) is 0 Å². The van der Waals surface area contributed by atoms with Gasteiger partial charge in [-0.1, -0.05) is 94.4 Å². The summed E-state index contributed by atoms with van der Waals surface area (Å²) in [5.41, 5.74) is 3.19. The van der Waals surface area contributed by atoms with E-state index in [0.29, 0.717) is 0 Å².